The molecular formula is C27H31IN6O8S2. The number of amides is 3. The van der Waals surface area contributed by atoms with Gasteiger partial charge < -0.3 is 24.4 Å². The first-order chi connectivity index (χ1) is 20.9. The van der Waals surface area contributed by atoms with Crippen molar-refractivity contribution in [1.82, 2.24) is 19.6 Å². The van der Waals surface area contributed by atoms with Crippen molar-refractivity contribution in [1.29, 1.82) is 0 Å². The number of fused-ring (bicyclic) bond motifs is 1. The van der Waals surface area contributed by atoms with E-state index in [4.69, 9.17) is 19.0 Å². The van der Waals surface area contributed by atoms with Crippen LogP contribution < -0.4 is 15.4 Å². The third-order valence-electron chi connectivity index (χ3n) is 5.96. The Morgan fingerprint density at radius 1 is 1.20 bits per heavy atom. The highest BCUT2D eigenvalue weighted by Crippen LogP contribution is 2.41. The normalized spacial score (nSPS) is 18.2. The van der Waals surface area contributed by atoms with Crippen LogP contribution in [0.25, 0.3) is 0 Å². The Kier molecular flexibility index (Phi) is 11.1. The third-order valence-corrected chi connectivity index (χ3v) is 8.85. The fourth-order valence-electron chi connectivity index (χ4n) is 4.00. The molecule has 3 heterocycles. The summed E-state index contributed by atoms with van der Waals surface area (Å²) in [6.07, 6.45) is -0.736. The van der Waals surface area contributed by atoms with E-state index in [0.717, 1.165) is 22.7 Å². The van der Waals surface area contributed by atoms with E-state index < -0.39 is 40.9 Å². The van der Waals surface area contributed by atoms with Crippen molar-refractivity contribution >= 4 is 80.6 Å². The van der Waals surface area contributed by atoms with E-state index in [1.165, 1.54) is 16.7 Å². The van der Waals surface area contributed by atoms with Crippen LogP contribution in [-0.4, -0.2) is 84.8 Å². The van der Waals surface area contributed by atoms with Gasteiger partial charge in [0, 0.05) is 21.7 Å². The highest BCUT2D eigenvalue weighted by Gasteiger charge is 2.54. The Bertz CT molecular complexity index is 1470. The quantitative estimate of drug-likeness (QED) is 0.0860. The molecule has 2 atom stereocenters. The van der Waals surface area contributed by atoms with Crippen LogP contribution >= 0.6 is 45.9 Å². The number of nitrogens with zero attached hydrogens (tertiary/aromatic N) is 4. The molecule has 0 spiro atoms. The second kappa shape index (κ2) is 14.6. The first kappa shape index (κ1) is 33.4. The number of methoxy groups -OCH3 is 1. The van der Waals surface area contributed by atoms with E-state index >= 15 is 0 Å². The summed E-state index contributed by atoms with van der Waals surface area (Å²) < 4.78 is 20.6. The second-order valence-electron chi connectivity index (χ2n) is 10.3. The zero-order chi connectivity index (χ0) is 32.0. The van der Waals surface area contributed by atoms with Crippen LogP contribution in [0, 0.1) is 0 Å². The number of oxime groups is 1. The molecule has 2 aliphatic rings. The van der Waals surface area contributed by atoms with Crippen molar-refractivity contribution in [3.63, 3.8) is 0 Å². The van der Waals surface area contributed by atoms with Gasteiger partial charge in [-0.15, -0.1) is 11.8 Å². The topological polar surface area (TPSA) is 171 Å². The van der Waals surface area contributed by atoms with Gasteiger partial charge in [0.1, 0.15) is 41.7 Å². The molecule has 1 aromatic carbocycles. The van der Waals surface area contributed by atoms with Gasteiger partial charge >= 0.3 is 12.1 Å². The summed E-state index contributed by atoms with van der Waals surface area (Å²) in [5, 5.41) is 8.54. The molecule has 1 saturated heterocycles. The number of nitrogens with one attached hydrogen (secondary N) is 2. The van der Waals surface area contributed by atoms with Gasteiger partial charge in [0.2, 0.25) is 16.7 Å². The van der Waals surface area contributed by atoms with Crippen molar-refractivity contribution in [2.45, 2.75) is 51.3 Å². The lowest BCUT2D eigenvalue weighted by Gasteiger charge is -2.49. The molecule has 14 nitrogen and oxygen atoms in total. The minimum atomic E-state index is -0.947. The lowest BCUT2D eigenvalue weighted by molar-refractivity contribution is -0.153. The molecule has 2 N–H and O–H groups in total. The molecule has 44 heavy (non-hydrogen) atoms. The maximum Gasteiger partial charge on any atom is 0.414 e. The first-order valence-corrected chi connectivity index (χ1v) is 16.7. The minimum absolute atomic E-state index is 0.0174. The number of carbonyl (C=O) groups excluding carboxylic acids is 4. The third kappa shape index (κ3) is 7.98. The van der Waals surface area contributed by atoms with Crippen LogP contribution in [0.2, 0.25) is 0 Å². The standard InChI is InChI=1S/C27H31IN6O8S2/c1-6-41-32-17(20-30-25(44-33-20)31-26(38)42-27(2,3)4)21(35)29-18-22(36)34-19(15(11-28)13-43-23(18)34)24(37)40-12-14-7-9-16(39-5)10-8-14/h7-10,18,23H,6,11-13H2,1-5H3,(H,29,35)(H,30,31,33,38)/b32-17+. The molecule has 0 aliphatic carbocycles. The molecule has 2 aromatic rings. The van der Waals surface area contributed by atoms with E-state index in [9.17, 15) is 19.2 Å². The lowest BCUT2D eigenvalue weighted by atomic mass is 10.0. The van der Waals surface area contributed by atoms with Crippen LogP contribution in [0.15, 0.2) is 40.7 Å². The number of esters is 1. The molecule has 1 aromatic heterocycles. The molecule has 0 saturated carbocycles. The van der Waals surface area contributed by atoms with Crippen LogP contribution in [0.5, 0.6) is 5.75 Å². The Labute approximate surface area is 275 Å². The van der Waals surface area contributed by atoms with Crippen LogP contribution in [0.1, 0.15) is 39.1 Å². The largest absolute Gasteiger partial charge is 0.497 e. The average molecular weight is 759 g/mol. The summed E-state index contributed by atoms with van der Waals surface area (Å²) in [6, 6.07) is 6.16. The van der Waals surface area contributed by atoms with E-state index in [-0.39, 0.29) is 35.6 Å². The zero-order valence-corrected chi connectivity index (χ0v) is 28.3. The van der Waals surface area contributed by atoms with Gasteiger partial charge in [0.05, 0.1) is 7.11 Å². The number of hydrogen-bond donors (Lipinski definition) is 2. The number of rotatable bonds is 11. The summed E-state index contributed by atoms with van der Waals surface area (Å²) in [6.45, 7) is 7.01. The van der Waals surface area contributed by atoms with Gasteiger partial charge in [0.15, 0.2) is 0 Å². The van der Waals surface area contributed by atoms with Crippen LogP contribution in [0.3, 0.4) is 0 Å². The molecule has 2 aliphatic heterocycles. The van der Waals surface area contributed by atoms with Crippen molar-refractivity contribution in [3.8, 4) is 5.75 Å². The number of thioether (sulfide) groups is 1. The van der Waals surface area contributed by atoms with E-state index in [0.29, 0.717) is 15.9 Å². The van der Waals surface area contributed by atoms with Gasteiger partial charge in [0.25, 0.3) is 11.8 Å². The molecule has 17 heteroatoms. The SMILES string of the molecule is CCO/N=C(/C(=O)NC1C(=O)N2C(C(=O)OCc3ccc(OC)cc3)=C(CI)CSC12)c1nsc(NC(=O)OC(C)(C)C)n1. The maximum absolute atomic E-state index is 13.3. The fraction of sp³-hybridized carbons (Fsp3) is 0.444. The fourth-order valence-corrected chi connectivity index (χ4v) is 6.90. The molecular weight excluding hydrogens is 727 g/mol. The number of ether oxygens (including phenoxy) is 3. The summed E-state index contributed by atoms with van der Waals surface area (Å²) in [4.78, 5) is 62.6. The monoisotopic (exact) mass is 758 g/mol. The molecule has 0 bridgehead atoms. The minimum Gasteiger partial charge on any atom is -0.497 e. The number of halogens is 1. The number of benzene rings is 1. The summed E-state index contributed by atoms with van der Waals surface area (Å²) in [5.74, 6) is -0.800. The smallest absolute Gasteiger partial charge is 0.414 e. The predicted octanol–water partition coefficient (Wildman–Crippen LogP) is 3.47. The number of hydrogen-bond acceptors (Lipinski definition) is 13. The molecule has 3 amide bonds. The summed E-state index contributed by atoms with van der Waals surface area (Å²) >= 11 is 4.38. The van der Waals surface area contributed by atoms with Gasteiger partial charge in [-0.2, -0.15) is 9.36 Å². The van der Waals surface area contributed by atoms with Gasteiger partial charge in [-0.3, -0.25) is 19.8 Å². The zero-order valence-electron chi connectivity index (χ0n) is 24.5. The number of β-lactam (4-membered cyclic amide) rings is 1. The van der Waals surface area contributed by atoms with Crippen molar-refractivity contribution in [3.05, 3.63) is 46.9 Å². The Morgan fingerprint density at radius 3 is 2.57 bits per heavy atom. The molecule has 1 fully saturated rings. The summed E-state index contributed by atoms with van der Waals surface area (Å²) in [5.41, 5.74) is 0.711. The number of aromatic nitrogens is 2. The Hall–Kier alpha value is -3.45. The molecule has 236 valence electrons. The predicted molar refractivity (Wildman–Crippen MR) is 172 cm³/mol. The van der Waals surface area contributed by atoms with Crippen molar-refractivity contribution in [2.24, 2.45) is 5.16 Å². The van der Waals surface area contributed by atoms with Crippen molar-refractivity contribution < 1.29 is 38.2 Å². The van der Waals surface area contributed by atoms with Gasteiger partial charge in [-0.25, -0.2) is 9.59 Å². The number of alkyl halides is 1. The van der Waals surface area contributed by atoms with Crippen LogP contribution in [-0.2, 0) is 35.3 Å². The van der Waals surface area contributed by atoms with E-state index in [1.807, 2.05) is 0 Å². The summed E-state index contributed by atoms with van der Waals surface area (Å²) in [7, 11) is 1.56. The Morgan fingerprint density at radius 2 is 1.93 bits per heavy atom. The average Bonchev–Trinajstić information content (AvgIpc) is 3.44. The number of anilines is 1. The molecule has 0 radical (unpaired) electrons. The number of carbonyl (C=O) groups is 4. The first-order valence-electron chi connectivity index (χ1n) is 13.3. The highest BCUT2D eigenvalue weighted by molar-refractivity contribution is 14.1. The van der Waals surface area contributed by atoms with Gasteiger partial charge in [-0.05, 0) is 51.0 Å². The highest BCUT2D eigenvalue weighted by atomic mass is 127. The second-order valence-corrected chi connectivity index (χ2v) is 12.9. The lowest BCUT2D eigenvalue weighted by Crippen LogP contribution is -2.71. The van der Waals surface area contributed by atoms with E-state index in [2.05, 4.69) is 47.7 Å². The van der Waals surface area contributed by atoms with Crippen molar-refractivity contribution in [2.75, 3.05) is 29.2 Å². The molecule has 4 rings (SSSR count). The maximum atomic E-state index is 13.3. The Balaban J connectivity index is 1.44. The van der Waals surface area contributed by atoms with Crippen LogP contribution in [0.4, 0.5) is 9.93 Å². The van der Waals surface area contributed by atoms with E-state index in [1.54, 1.807) is 59.1 Å². The molecule has 2 unspecified atom stereocenters. The van der Waals surface area contributed by atoms with Gasteiger partial charge in [-0.1, -0.05) is 39.9 Å².